The summed E-state index contributed by atoms with van der Waals surface area (Å²) in [6, 6.07) is 3.22. The number of carbonyl (C=O) groups is 7. The van der Waals surface area contributed by atoms with E-state index in [1.54, 1.807) is 56.0 Å². The minimum atomic E-state index is -1.37. The number of Topliss-reactive ketones (excluding diaryl/α,β-unsaturated/α-hetero) is 1. The average Bonchev–Trinajstić information content (AvgIpc) is 3.60. The molecule has 1 spiro atoms. The Bertz CT molecular complexity index is 1720. The van der Waals surface area contributed by atoms with Crippen LogP contribution in [0.15, 0.2) is 48.9 Å². The third kappa shape index (κ3) is 8.29. The Morgan fingerprint density at radius 1 is 0.981 bits per heavy atom. The van der Waals surface area contributed by atoms with E-state index in [9.17, 15) is 38.7 Å². The van der Waals surface area contributed by atoms with Gasteiger partial charge in [0.2, 0.25) is 23.5 Å². The monoisotopic (exact) mass is 745 g/mol. The van der Waals surface area contributed by atoms with Gasteiger partial charge >= 0.3 is 5.97 Å². The van der Waals surface area contributed by atoms with Crippen LogP contribution in [0.2, 0.25) is 0 Å². The maximum atomic E-state index is 14.5. The number of nitrogens with one attached hydrogen (secondary N) is 4. The number of carbonyl (C=O) groups excluding carboxylic acids is 6. The summed E-state index contributed by atoms with van der Waals surface area (Å²) in [5, 5.41) is 20.6. The van der Waals surface area contributed by atoms with Crippen LogP contribution in [0.25, 0.3) is 0 Å². The highest BCUT2D eigenvalue weighted by Gasteiger charge is 2.67. The number of aromatic nitrogens is 2. The van der Waals surface area contributed by atoms with Gasteiger partial charge in [-0.3, -0.25) is 33.8 Å². The summed E-state index contributed by atoms with van der Waals surface area (Å²) in [6.07, 6.45) is 8.70. The Hall–Kier alpha value is -5.21. The summed E-state index contributed by atoms with van der Waals surface area (Å²) in [5.74, 6) is -6.32. The largest absolute Gasteiger partial charge is 0.480 e. The minimum Gasteiger partial charge on any atom is -0.480 e. The van der Waals surface area contributed by atoms with Gasteiger partial charge < -0.3 is 31.3 Å². The summed E-state index contributed by atoms with van der Waals surface area (Å²) < 4.78 is 0. The minimum absolute atomic E-state index is 0.0374. The third-order valence-corrected chi connectivity index (χ3v) is 11.2. The number of aliphatic carboxylic acids is 1. The van der Waals surface area contributed by atoms with Crippen LogP contribution in [0.3, 0.4) is 0 Å². The maximum Gasteiger partial charge on any atom is 0.326 e. The van der Waals surface area contributed by atoms with Crippen molar-refractivity contribution in [1.82, 2.24) is 36.1 Å². The molecule has 290 valence electrons. The molecule has 3 aliphatic rings. The molecule has 0 radical (unpaired) electrons. The number of hydrogen-bond acceptors (Lipinski definition) is 9. The Labute approximate surface area is 314 Å². The van der Waals surface area contributed by atoms with Gasteiger partial charge in [-0.15, -0.1) is 0 Å². The molecule has 15 nitrogen and oxygen atoms in total. The molecule has 0 bridgehead atoms. The lowest BCUT2D eigenvalue weighted by Crippen LogP contribution is -2.58. The first kappa shape index (κ1) is 40.0. The molecule has 2 aromatic rings. The van der Waals surface area contributed by atoms with E-state index in [1.807, 2.05) is 6.92 Å². The molecule has 3 unspecified atom stereocenters. The van der Waals surface area contributed by atoms with E-state index in [0.717, 1.165) is 12.8 Å². The maximum absolute atomic E-state index is 14.5. The molecular formula is C39H51N7O8. The Kier molecular flexibility index (Phi) is 12.8. The zero-order valence-electron chi connectivity index (χ0n) is 31.2. The fourth-order valence-corrected chi connectivity index (χ4v) is 8.63. The van der Waals surface area contributed by atoms with Crippen LogP contribution in [0, 0.1) is 17.8 Å². The smallest absolute Gasteiger partial charge is 0.326 e. The van der Waals surface area contributed by atoms with Gasteiger partial charge in [-0.05, 0) is 43.1 Å². The van der Waals surface area contributed by atoms with Crippen LogP contribution >= 0.6 is 0 Å². The van der Waals surface area contributed by atoms with Crippen molar-refractivity contribution in [3.05, 3.63) is 60.2 Å². The molecule has 1 aliphatic carbocycles. The topological polar surface area (TPSA) is 217 Å². The van der Waals surface area contributed by atoms with Crippen molar-refractivity contribution in [3.8, 4) is 0 Å². The Balaban J connectivity index is 1.34. The van der Waals surface area contributed by atoms with E-state index in [1.165, 1.54) is 18.6 Å². The average molecular weight is 746 g/mol. The molecule has 1 aromatic heterocycles. The number of nitrogens with zero attached hydrogens (tertiary/aromatic N) is 3. The second-order valence-electron chi connectivity index (χ2n) is 15.0. The standard InChI is InChI=1S/C39H51N7O8/c1-5-12-26(32(47)36(51)43-27(38(53)54)19-23-13-8-7-9-14-23)42-35(50)31-24(6-2)20-39-16-11-10-15-25(39)30(37(52)46(31)39)45-34(49)29(22(3)4)44-33(48)28-21-40-17-18-41-28/h7-9,13-14,17-18,21-22,24-27,29-31H,5-6,10-12,15-16,19-20H2,1-4H3,(H,42,50)(H,43,51)(H,44,48)(H,45,49)(H,53,54)/t24-,25?,26?,27-,29-,30-,31-,39?/m0/s1. The zero-order valence-corrected chi connectivity index (χ0v) is 31.2. The fourth-order valence-electron chi connectivity index (χ4n) is 8.63. The van der Waals surface area contributed by atoms with E-state index < -0.39 is 77.0 Å². The lowest BCUT2D eigenvalue weighted by molar-refractivity contribution is -0.146. The molecule has 1 saturated carbocycles. The van der Waals surface area contributed by atoms with Gasteiger partial charge in [0.1, 0.15) is 29.9 Å². The van der Waals surface area contributed by atoms with Crippen LogP contribution in [-0.4, -0.2) is 97.0 Å². The summed E-state index contributed by atoms with van der Waals surface area (Å²) in [6.45, 7) is 7.30. The predicted molar refractivity (Wildman–Crippen MR) is 195 cm³/mol. The van der Waals surface area contributed by atoms with Crippen LogP contribution < -0.4 is 21.3 Å². The van der Waals surface area contributed by atoms with Crippen LogP contribution in [-0.2, 0) is 35.2 Å². The van der Waals surface area contributed by atoms with Gasteiger partial charge in [0, 0.05) is 30.3 Å². The van der Waals surface area contributed by atoms with Gasteiger partial charge in [-0.1, -0.05) is 83.7 Å². The van der Waals surface area contributed by atoms with Crippen LogP contribution in [0.5, 0.6) is 0 Å². The molecule has 5 amide bonds. The van der Waals surface area contributed by atoms with Crippen molar-refractivity contribution in [2.24, 2.45) is 17.8 Å². The number of ketones is 1. The molecule has 2 saturated heterocycles. The zero-order chi connectivity index (χ0) is 39.2. The van der Waals surface area contributed by atoms with E-state index in [0.29, 0.717) is 37.7 Å². The van der Waals surface area contributed by atoms with E-state index in [4.69, 9.17) is 0 Å². The highest BCUT2D eigenvalue weighted by atomic mass is 16.4. The van der Waals surface area contributed by atoms with Gasteiger partial charge in [-0.25, -0.2) is 9.78 Å². The Morgan fingerprint density at radius 3 is 2.35 bits per heavy atom. The summed E-state index contributed by atoms with van der Waals surface area (Å²) in [4.78, 5) is 104. The number of rotatable bonds is 16. The molecule has 54 heavy (non-hydrogen) atoms. The van der Waals surface area contributed by atoms with Crippen molar-refractivity contribution in [2.45, 2.75) is 121 Å². The quantitative estimate of drug-likeness (QED) is 0.157. The van der Waals surface area contributed by atoms with Gasteiger partial charge in [0.15, 0.2) is 0 Å². The number of hydrogen-bond donors (Lipinski definition) is 5. The van der Waals surface area contributed by atoms with Crippen molar-refractivity contribution in [1.29, 1.82) is 0 Å². The van der Waals surface area contributed by atoms with Crippen molar-refractivity contribution in [2.75, 3.05) is 0 Å². The summed E-state index contributed by atoms with van der Waals surface area (Å²) >= 11 is 0. The first-order chi connectivity index (χ1) is 25.8. The molecule has 3 heterocycles. The Morgan fingerprint density at radius 2 is 1.72 bits per heavy atom. The summed E-state index contributed by atoms with van der Waals surface area (Å²) in [5.41, 5.74) is 0.0135. The molecule has 5 rings (SSSR count). The lowest BCUT2D eigenvalue weighted by atomic mass is 9.69. The summed E-state index contributed by atoms with van der Waals surface area (Å²) in [7, 11) is 0. The number of amides is 5. The predicted octanol–water partition coefficient (Wildman–Crippen LogP) is 1.95. The second-order valence-corrected chi connectivity index (χ2v) is 15.0. The van der Waals surface area contributed by atoms with Gasteiger partial charge in [0.05, 0.1) is 12.2 Å². The fraction of sp³-hybridized carbons (Fsp3) is 0.564. The third-order valence-electron chi connectivity index (χ3n) is 11.2. The van der Waals surface area contributed by atoms with E-state index in [-0.39, 0.29) is 36.3 Å². The molecule has 5 N–H and O–H groups in total. The van der Waals surface area contributed by atoms with E-state index >= 15 is 0 Å². The van der Waals surface area contributed by atoms with Gasteiger partial charge in [-0.2, -0.15) is 0 Å². The molecule has 1 aromatic carbocycles. The molecule has 8 atom stereocenters. The highest BCUT2D eigenvalue weighted by Crippen LogP contribution is 2.56. The highest BCUT2D eigenvalue weighted by molar-refractivity contribution is 6.38. The van der Waals surface area contributed by atoms with Crippen LogP contribution in [0.4, 0.5) is 0 Å². The van der Waals surface area contributed by atoms with Crippen molar-refractivity contribution < 1.29 is 38.7 Å². The molecule has 15 heteroatoms. The van der Waals surface area contributed by atoms with E-state index in [2.05, 4.69) is 31.2 Å². The van der Waals surface area contributed by atoms with Crippen LogP contribution in [0.1, 0.15) is 95.1 Å². The molecular weight excluding hydrogens is 694 g/mol. The van der Waals surface area contributed by atoms with Crippen molar-refractivity contribution >= 4 is 41.3 Å². The number of carboxylic acids is 1. The first-order valence-corrected chi connectivity index (χ1v) is 18.9. The lowest BCUT2D eigenvalue weighted by Gasteiger charge is -2.42. The second kappa shape index (κ2) is 17.3. The normalized spacial score (nSPS) is 24.8. The molecule has 2 aliphatic heterocycles. The number of carboxylic acid groups (broad SMARTS) is 1. The molecule has 3 fully saturated rings. The SMILES string of the molecule is CCCC(NC(=O)[C@@H]1[C@@H](CC)CC23CCCCC2[C@H](NC(=O)[C@@H](NC(=O)c2cnccn2)C(C)C)C(=O)N13)C(=O)C(=O)N[C@@H](Cc1ccccc1)C(=O)O. The van der Waals surface area contributed by atoms with Crippen molar-refractivity contribution in [3.63, 3.8) is 0 Å². The van der Waals surface area contributed by atoms with Gasteiger partial charge in [0.25, 0.3) is 11.8 Å². The first-order valence-electron chi connectivity index (χ1n) is 18.9. The number of benzene rings is 1.